The number of fused-ring (bicyclic) bond motifs is 2. The van der Waals surface area contributed by atoms with E-state index in [0.717, 1.165) is 59.6 Å². The quantitative estimate of drug-likeness (QED) is 0.128. The topological polar surface area (TPSA) is 69.4 Å². The number of Topliss-reactive ketones (excluding diaryl/α,β-unsaturated/α-hetero) is 1. The van der Waals surface area contributed by atoms with Gasteiger partial charge in [-0.2, -0.15) is 9.84 Å². The Morgan fingerprint density at radius 2 is 1.64 bits per heavy atom. The number of carbonyl (C=O) groups is 1. The van der Waals surface area contributed by atoms with Gasteiger partial charge in [-0.05, 0) is 62.2 Å². The molecule has 0 atom stereocenters. The molecule has 44 heavy (non-hydrogen) atoms. The van der Waals surface area contributed by atoms with Gasteiger partial charge in [-0.15, -0.1) is 0 Å². The fraction of sp³-hybridized carbons (Fsp3) is 0.378. The number of carbonyl (C=O) groups excluding carboxylic acids is 1. The van der Waals surface area contributed by atoms with Crippen LogP contribution in [0.25, 0.3) is 5.41 Å². The number of benzene rings is 2. The van der Waals surface area contributed by atoms with Crippen molar-refractivity contribution in [2.75, 3.05) is 18.0 Å². The molecule has 0 spiro atoms. The third-order valence-electron chi connectivity index (χ3n) is 9.24. The second-order valence-corrected chi connectivity index (χ2v) is 12.8. The molecule has 2 aromatic carbocycles. The van der Waals surface area contributed by atoms with Crippen LogP contribution in [0.1, 0.15) is 78.4 Å². The predicted molar refractivity (Wildman–Crippen MR) is 171 cm³/mol. The second-order valence-electron chi connectivity index (χ2n) is 12.8. The Kier molecular flexibility index (Phi) is 8.18. The van der Waals surface area contributed by atoms with E-state index in [1.54, 1.807) is 36.4 Å². The minimum atomic E-state index is -0.618. The number of unbranched alkanes of at least 4 members (excludes halogenated alkanes) is 2. The molecule has 0 fully saturated rings. The summed E-state index contributed by atoms with van der Waals surface area (Å²) >= 11 is 0. The Balaban J connectivity index is 1.71. The first kappa shape index (κ1) is 31.0. The van der Waals surface area contributed by atoms with Gasteiger partial charge in [-0.25, -0.2) is 14.7 Å². The van der Waals surface area contributed by atoms with Crippen LogP contribution in [0.4, 0.5) is 20.2 Å². The van der Waals surface area contributed by atoms with Crippen molar-refractivity contribution in [2.45, 2.75) is 78.1 Å². The molecule has 5 rings (SSSR count). The van der Waals surface area contributed by atoms with Gasteiger partial charge in [0.15, 0.2) is 11.5 Å². The molecular formula is C37H38F2N4O. The van der Waals surface area contributed by atoms with Crippen molar-refractivity contribution in [3.63, 3.8) is 0 Å². The van der Waals surface area contributed by atoms with E-state index in [-0.39, 0.29) is 23.0 Å². The fourth-order valence-corrected chi connectivity index (χ4v) is 6.74. The average Bonchev–Trinajstić information content (AvgIpc) is 3.33. The zero-order valence-electron chi connectivity index (χ0n) is 26.3. The summed E-state index contributed by atoms with van der Waals surface area (Å²) in [7, 11) is 0. The van der Waals surface area contributed by atoms with Crippen molar-refractivity contribution < 1.29 is 18.2 Å². The van der Waals surface area contributed by atoms with Crippen LogP contribution < -0.4 is 4.90 Å². The van der Waals surface area contributed by atoms with Gasteiger partial charge in [0.05, 0.1) is 11.0 Å². The first-order valence-electron chi connectivity index (χ1n) is 15.4. The molecule has 0 unspecified atom stereocenters. The van der Waals surface area contributed by atoms with Crippen molar-refractivity contribution in [3.8, 4) is 6.07 Å². The molecule has 1 aliphatic carbocycles. The van der Waals surface area contributed by atoms with Crippen LogP contribution in [-0.4, -0.2) is 35.0 Å². The first-order valence-corrected chi connectivity index (χ1v) is 15.4. The third-order valence-corrected chi connectivity index (χ3v) is 9.24. The summed E-state index contributed by atoms with van der Waals surface area (Å²) in [6, 6.07) is 11.5. The lowest BCUT2D eigenvalue weighted by Gasteiger charge is -2.30. The van der Waals surface area contributed by atoms with Crippen molar-refractivity contribution in [3.05, 3.63) is 105 Å². The summed E-state index contributed by atoms with van der Waals surface area (Å²) in [5.41, 5.74) is 4.63. The highest BCUT2D eigenvalue weighted by Crippen LogP contribution is 2.50. The highest BCUT2D eigenvalue weighted by molar-refractivity contribution is 6.27. The molecule has 226 valence electrons. The summed E-state index contributed by atoms with van der Waals surface area (Å²) in [6.45, 7) is 13.6. The van der Waals surface area contributed by atoms with Crippen LogP contribution in [0.5, 0.6) is 0 Å². The first-order chi connectivity index (χ1) is 20.9. The van der Waals surface area contributed by atoms with E-state index in [1.165, 1.54) is 12.1 Å². The monoisotopic (exact) mass is 592 g/mol. The average molecular weight is 593 g/mol. The maximum Gasteiger partial charge on any atom is 0.209 e. The van der Waals surface area contributed by atoms with E-state index in [1.807, 2.05) is 39.6 Å². The smallest absolute Gasteiger partial charge is 0.209 e. The predicted octanol–water partition coefficient (Wildman–Crippen LogP) is 8.12. The number of hydrogen-bond acceptors (Lipinski definition) is 3. The molecular weight excluding hydrogens is 554 g/mol. The van der Waals surface area contributed by atoms with Crippen LogP contribution >= 0.6 is 0 Å². The van der Waals surface area contributed by atoms with Gasteiger partial charge in [0.2, 0.25) is 5.69 Å². The van der Waals surface area contributed by atoms with Crippen molar-refractivity contribution >= 4 is 28.7 Å². The van der Waals surface area contributed by atoms with E-state index in [0.29, 0.717) is 29.8 Å². The zero-order valence-corrected chi connectivity index (χ0v) is 26.3. The standard InChI is InChI=1S/C37H38F2N4O/c1-7-9-15-42-30-13-11-24(38)17-28(30)36(3,4)32(42)19-26-34(23(21-40)22-41)27(35(26)44)20-33-37(5,6)29-18-25(39)12-14-31(29)43(33)16-10-8-2/h11-14,17-20H,7-10,15-16H2,1-6H3. The normalized spacial score (nSPS) is 19.7. The Morgan fingerprint density at radius 3 is 2.27 bits per heavy atom. The fourth-order valence-electron chi connectivity index (χ4n) is 6.74. The Bertz CT molecular complexity index is 1790. The summed E-state index contributed by atoms with van der Waals surface area (Å²) in [6.07, 6.45) is 7.28. The zero-order chi connectivity index (χ0) is 32.0. The van der Waals surface area contributed by atoms with E-state index in [4.69, 9.17) is 0 Å². The molecule has 2 aromatic rings. The van der Waals surface area contributed by atoms with E-state index < -0.39 is 10.8 Å². The lowest BCUT2D eigenvalue weighted by atomic mass is 9.73. The van der Waals surface area contributed by atoms with E-state index in [2.05, 4.69) is 23.3 Å². The van der Waals surface area contributed by atoms with Crippen LogP contribution in [0.3, 0.4) is 0 Å². The number of nitriles is 1. The number of anilines is 1. The van der Waals surface area contributed by atoms with Crippen molar-refractivity contribution in [1.82, 2.24) is 0 Å². The molecule has 2 aliphatic heterocycles. The minimum Gasteiger partial charge on any atom is -0.762 e. The summed E-state index contributed by atoms with van der Waals surface area (Å²) in [5, 5.41) is 20.0. The van der Waals surface area contributed by atoms with Gasteiger partial charge in [0.25, 0.3) is 0 Å². The van der Waals surface area contributed by atoms with Crippen LogP contribution in [0, 0.1) is 23.0 Å². The molecule has 0 saturated heterocycles. The van der Waals surface area contributed by atoms with Gasteiger partial charge < -0.3 is 10.3 Å². The maximum absolute atomic E-state index is 14.4. The summed E-state index contributed by atoms with van der Waals surface area (Å²) in [5.74, 6) is 1.09. The lowest BCUT2D eigenvalue weighted by molar-refractivity contribution is -0.438. The van der Waals surface area contributed by atoms with Crippen molar-refractivity contribution in [2.24, 2.45) is 0 Å². The third kappa shape index (κ3) is 4.88. The minimum absolute atomic E-state index is 0.137. The van der Waals surface area contributed by atoms with Crippen LogP contribution in [-0.2, 0) is 15.6 Å². The number of halogens is 2. The molecule has 0 radical (unpaired) electrons. The van der Waals surface area contributed by atoms with Crippen LogP contribution in [0.15, 0.2) is 76.5 Å². The van der Waals surface area contributed by atoms with Gasteiger partial charge in [0.1, 0.15) is 24.2 Å². The largest absolute Gasteiger partial charge is 0.762 e. The highest BCUT2D eigenvalue weighted by atomic mass is 19.1. The van der Waals surface area contributed by atoms with Crippen molar-refractivity contribution in [1.29, 1.82) is 5.26 Å². The number of hydrogen-bond donors (Lipinski definition) is 0. The SMILES string of the molecule is CCCCN1/C(=C/C2=C(C(=C=[N-])C#N)C(=C/C3=[N+](CCCC)c4ccc(F)cc4C3(C)C)/C2=O)C(C)(C)c2cc(F)ccc21. The molecule has 0 aromatic heterocycles. The molecule has 3 aliphatic rings. The van der Waals surface area contributed by atoms with Gasteiger partial charge >= 0.3 is 0 Å². The molecule has 0 bridgehead atoms. The number of rotatable bonds is 9. The van der Waals surface area contributed by atoms with Gasteiger partial charge in [0, 0.05) is 64.2 Å². The van der Waals surface area contributed by atoms with Gasteiger partial charge in [-0.1, -0.05) is 40.5 Å². The Hall–Kier alpha value is -4.40. The van der Waals surface area contributed by atoms with E-state index in [9.17, 15) is 24.2 Å². The molecule has 0 saturated carbocycles. The Labute approximate surface area is 258 Å². The van der Waals surface area contributed by atoms with Crippen LogP contribution in [0.2, 0.25) is 0 Å². The molecule has 7 heteroatoms. The Morgan fingerprint density at radius 1 is 0.977 bits per heavy atom. The van der Waals surface area contributed by atoms with Gasteiger partial charge in [-0.3, -0.25) is 4.79 Å². The number of allylic oxidation sites excluding steroid dienone is 7. The summed E-state index contributed by atoms with van der Waals surface area (Å²) in [4.78, 5) is 16.2. The summed E-state index contributed by atoms with van der Waals surface area (Å²) < 4.78 is 30.9. The lowest BCUT2D eigenvalue weighted by Crippen LogP contribution is -2.32. The number of nitrogens with zero attached hydrogens (tertiary/aromatic N) is 4. The molecule has 0 N–H and O–H groups in total. The number of ketones is 1. The second kappa shape index (κ2) is 11.6. The maximum atomic E-state index is 14.4. The molecule has 5 nitrogen and oxygen atoms in total. The molecule has 0 amide bonds. The van der Waals surface area contributed by atoms with E-state index >= 15 is 0 Å². The molecule has 2 heterocycles. The highest BCUT2D eigenvalue weighted by Gasteiger charge is 2.47.